The third-order valence-electron chi connectivity index (χ3n) is 3.95. The minimum Gasteiger partial charge on any atom is -0.480 e. The zero-order chi connectivity index (χ0) is 13.6. The van der Waals surface area contributed by atoms with Crippen molar-refractivity contribution in [2.24, 2.45) is 11.8 Å². The van der Waals surface area contributed by atoms with Crippen LogP contribution in [-0.2, 0) is 9.53 Å². The first kappa shape index (κ1) is 13.2. The maximum atomic E-state index is 11.8. The molecule has 0 radical (unpaired) electrons. The Hall–Kier alpha value is -1.26. The molecule has 0 heterocycles. The van der Waals surface area contributed by atoms with E-state index in [1.807, 2.05) is 0 Å². The van der Waals surface area contributed by atoms with Crippen LogP contribution in [0, 0.1) is 11.8 Å². The van der Waals surface area contributed by atoms with Crippen molar-refractivity contribution in [3.8, 4) is 0 Å². The number of hydrogen-bond donors (Lipinski definition) is 2. The van der Waals surface area contributed by atoms with Gasteiger partial charge in [0.15, 0.2) is 0 Å². The van der Waals surface area contributed by atoms with Crippen molar-refractivity contribution in [1.29, 1.82) is 0 Å². The van der Waals surface area contributed by atoms with Crippen LogP contribution in [0.25, 0.3) is 0 Å². The minimum atomic E-state index is -1.12. The molecule has 1 amide bonds. The first-order valence-electron chi connectivity index (χ1n) is 6.46. The molecule has 2 unspecified atom stereocenters. The zero-order valence-electron chi connectivity index (χ0n) is 11.2. The Morgan fingerprint density at radius 1 is 1.22 bits per heavy atom. The van der Waals surface area contributed by atoms with E-state index in [-0.39, 0.29) is 0 Å². The fourth-order valence-corrected chi connectivity index (χ4v) is 2.98. The molecule has 0 aromatic heterocycles. The third kappa shape index (κ3) is 2.44. The average Bonchev–Trinajstić information content (AvgIpc) is 2.39. The number of carbonyl (C=O) groups excluding carboxylic acids is 1. The van der Waals surface area contributed by atoms with Crippen LogP contribution < -0.4 is 5.32 Å². The summed E-state index contributed by atoms with van der Waals surface area (Å²) in [4.78, 5) is 23.2. The number of fused-ring (bicyclic) bond motifs is 1. The highest BCUT2D eigenvalue weighted by atomic mass is 16.6. The standard InChI is InChI=1S/C13H21NO4/c1-12(2,3)18-11(17)14-13(10(15)16)6-8-4-5-9(8)7-13/h8-9H,4-7H2,1-3H3,(H,14,17)(H,15,16). The summed E-state index contributed by atoms with van der Waals surface area (Å²) < 4.78 is 5.15. The van der Waals surface area contributed by atoms with Crippen LogP contribution in [0.3, 0.4) is 0 Å². The van der Waals surface area contributed by atoms with E-state index in [1.165, 1.54) is 0 Å². The van der Waals surface area contributed by atoms with Crippen molar-refractivity contribution in [1.82, 2.24) is 5.32 Å². The van der Waals surface area contributed by atoms with Crippen molar-refractivity contribution >= 4 is 12.1 Å². The van der Waals surface area contributed by atoms with Crippen LogP contribution in [0.1, 0.15) is 46.5 Å². The van der Waals surface area contributed by atoms with Crippen LogP contribution in [0.5, 0.6) is 0 Å². The fourth-order valence-electron chi connectivity index (χ4n) is 2.98. The van der Waals surface area contributed by atoms with Crippen molar-refractivity contribution in [3.63, 3.8) is 0 Å². The second-order valence-corrected chi connectivity index (χ2v) is 6.52. The Labute approximate surface area is 107 Å². The van der Waals surface area contributed by atoms with Gasteiger partial charge in [0.1, 0.15) is 11.1 Å². The molecule has 0 saturated heterocycles. The molecule has 18 heavy (non-hydrogen) atoms. The van der Waals surface area contributed by atoms with E-state index in [9.17, 15) is 14.7 Å². The summed E-state index contributed by atoms with van der Waals surface area (Å²) in [5.74, 6) is -0.0326. The second kappa shape index (κ2) is 4.14. The molecule has 2 aliphatic carbocycles. The molecule has 0 aliphatic heterocycles. The Morgan fingerprint density at radius 3 is 2.06 bits per heavy atom. The van der Waals surface area contributed by atoms with Crippen molar-refractivity contribution in [2.45, 2.75) is 57.6 Å². The smallest absolute Gasteiger partial charge is 0.408 e. The molecule has 2 saturated carbocycles. The summed E-state index contributed by atoms with van der Waals surface area (Å²) in [7, 11) is 0. The van der Waals surface area contributed by atoms with Crippen LogP contribution in [-0.4, -0.2) is 28.3 Å². The van der Waals surface area contributed by atoms with Crippen molar-refractivity contribution in [3.05, 3.63) is 0 Å². The summed E-state index contributed by atoms with van der Waals surface area (Å²) in [6.07, 6.45) is 2.59. The summed E-state index contributed by atoms with van der Waals surface area (Å²) in [5.41, 5.74) is -1.73. The van der Waals surface area contributed by atoms with Crippen molar-refractivity contribution in [2.75, 3.05) is 0 Å². The SMILES string of the molecule is CC(C)(C)OC(=O)NC1(C(=O)O)CC2CCC2C1. The Kier molecular flexibility index (Phi) is 3.03. The molecule has 0 bridgehead atoms. The topological polar surface area (TPSA) is 75.6 Å². The molecule has 2 N–H and O–H groups in total. The lowest BCUT2D eigenvalue weighted by Crippen LogP contribution is -2.54. The molecule has 2 aliphatic rings. The summed E-state index contributed by atoms with van der Waals surface area (Å²) >= 11 is 0. The van der Waals surface area contributed by atoms with Gasteiger partial charge in [-0.1, -0.05) is 0 Å². The lowest BCUT2D eigenvalue weighted by atomic mass is 9.77. The number of amides is 1. The molecule has 5 heteroatoms. The van der Waals surface area contributed by atoms with Gasteiger partial charge < -0.3 is 15.2 Å². The molecule has 0 aromatic carbocycles. The highest BCUT2D eigenvalue weighted by Crippen LogP contribution is 2.51. The molecule has 2 rings (SSSR count). The molecular formula is C13H21NO4. The predicted octanol–water partition coefficient (Wildman–Crippen LogP) is 2.15. The van der Waals surface area contributed by atoms with Gasteiger partial charge >= 0.3 is 12.1 Å². The first-order chi connectivity index (χ1) is 8.22. The molecule has 0 spiro atoms. The van der Waals surface area contributed by atoms with Gasteiger partial charge in [0.05, 0.1) is 0 Å². The molecule has 102 valence electrons. The normalized spacial score (nSPS) is 34.4. The number of alkyl carbamates (subject to hydrolysis) is 1. The number of carboxylic acids is 1. The van der Waals surface area contributed by atoms with Crippen LogP contribution in [0.4, 0.5) is 4.79 Å². The highest BCUT2D eigenvalue weighted by molar-refractivity contribution is 5.85. The van der Waals surface area contributed by atoms with E-state index in [0.717, 1.165) is 12.8 Å². The van der Waals surface area contributed by atoms with Gasteiger partial charge in [-0.05, 0) is 58.3 Å². The molecule has 2 fully saturated rings. The van der Waals surface area contributed by atoms with E-state index in [1.54, 1.807) is 20.8 Å². The van der Waals surface area contributed by atoms with Gasteiger partial charge in [0, 0.05) is 0 Å². The average molecular weight is 255 g/mol. The summed E-state index contributed by atoms with van der Waals surface area (Å²) in [6, 6.07) is 0. The predicted molar refractivity (Wildman–Crippen MR) is 65.2 cm³/mol. The van der Waals surface area contributed by atoms with Gasteiger partial charge in [-0.3, -0.25) is 0 Å². The number of carboxylic acid groups (broad SMARTS) is 1. The minimum absolute atomic E-state index is 0.455. The van der Waals surface area contributed by atoms with E-state index in [0.29, 0.717) is 24.7 Å². The number of rotatable bonds is 2. The molecule has 2 atom stereocenters. The summed E-state index contributed by atoms with van der Waals surface area (Å²) in [5, 5.41) is 12.0. The number of aliphatic carboxylic acids is 1. The first-order valence-corrected chi connectivity index (χ1v) is 6.46. The van der Waals surface area contributed by atoms with E-state index < -0.39 is 23.2 Å². The maximum Gasteiger partial charge on any atom is 0.408 e. The number of ether oxygens (including phenoxy) is 1. The van der Waals surface area contributed by atoms with E-state index >= 15 is 0 Å². The van der Waals surface area contributed by atoms with Gasteiger partial charge in [-0.2, -0.15) is 0 Å². The lowest BCUT2D eigenvalue weighted by molar-refractivity contribution is -0.144. The van der Waals surface area contributed by atoms with Gasteiger partial charge in [-0.25, -0.2) is 9.59 Å². The lowest BCUT2D eigenvalue weighted by Gasteiger charge is -2.28. The second-order valence-electron chi connectivity index (χ2n) is 6.52. The summed E-state index contributed by atoms with van der Waals surface area (Å²) in [6.45, 7) is 5.29. The molecular weight excluding hydrogens is 234 g/mol. The van der Waals surface area contributed by atoms with E-state index in [4.69, 9.17) is 4.74 Å². The van der Waals surface area contributed by atoms with Crippen molar-refractivity contribution < 1.29 is 19.4 Å². The van der Waals surface area contributed by atoms with Crippen LogP contribution in [0.2, 0.25) is 0 Å². The third-order valence-corrected chi connectivity index (χ3v) is 3.95. The van der Waals surface area contributed by atoms with E-state index in [2.05, 4.69) is 5.32 Å². The maximum absolute atomic E-state index is 11.8. The highest BCUT2D eigenvalue weighted by Gasteiger charge is 2.54. The Balaban J connectivity index is 2.04. The van der Waals surface area contributed by atoms with Crippen LogP contribution >= 0.6 is 0 Å². The monoisotopic (exact) mass is 255 g/mol. The molecule has 5 nitrogen and oxygen atoms in total. The number of nitrogens with one attached hydrogen (secondary N) is 1. The quantitative estimate of drug-likeness (QED) is 0.792. The van der Waals surface area contributed by atoms with Gasteiger partial charge in [0.2, 0.25) is 0 Å². The molecule has 0 aromatic rings. The van der Waals surface area contributed by atoms with Gasteiger partial charge in [-0.15, -0.1) is 0 Å². The largest absolute Gasteiger partial charge is 0.480 e. The number of hydrogen-bond acceptors (Lipinski definition) is 3. The van der Waals surface area contributed by atoms with Gasteiger partial charge in [0.25, 0.3) is 0 Å². The zero-order valence-corrected chi connectivity index (χ0v) is 11.2. The van der Waals surface area contributed by atoms with Crippen LogP contribution in [0.15, 0.2) is 0 Å². The Morgan fingerprint density at radius 2 is 1.72 bits per heavy atom. The number of carbonyl (C=O) groups is 2. The Bertz CT molecular complexity index is 360. The fraction of sp³-hybridized carbons (Fsp3) is 0.846.